The van der Waals surface area contributed by atoms with Crippen molar-refractivity contribution < 1.29 is 9.29 Å². The molecule has 1 saturated heterocycles. The van der Waals surface area contributed by atoms with Crippen LogP contribution in [0.25, 0.3) is 11.3 Å². The van der Waals surface area contributed by atoms with Crippen LogP contribution in [0, 0.1) is 5.92 Å². The Morgan fingerprint density at radius 2 is 1.82 bits per heavy atom. The molecule has 1 aliphatic heterocycles. The van der Waals surface area contributed by atoms with Gasteiger partial charge in [-0.3, -0.25) is 4.68 Å². The highest BCUT2D eigenvalue weighted by Crippen LogP contribution is 2.38. The van der Waals surface area contributed by atoms with E-state index in [4.69, 9.17) is 21.3 Å². The van der Waals surface area contributed by atoms with E-state index in [0.29, 0.717) is 33.2 Å². The summed E-state index contributed by atoms with van der Waals surface area (Å²) in [6.07, 6.45) is 4.12. The number of hydrogen-bond donors (Lipinski definition) is 1. The van der Waals surface area contributed by atoms with Crippen LogP contribution < -0.4 is 14.4 Å². The topological polar surface area (TPSA) is 94.4 Å². The molecule has 11 heteroatoms. The molecule has 0 saturated carbocycles. The lowest BCUT2D eigenvalue weighted by Crippen LogP contribution is -2.44. The molecule has 4 aromatic rings. The highest BCUT2D eigenvalue weighted by molar-refractivity contribution is 7.92. The Morgan fingerprint density at radius 3 is 2.55 bits per heavy atom. The molecular weight excluding hydrogens is 546 g/mol. The molecule has 0 aliphatic carbocycles. The monoisotopic (exact) mass is 579 g/mol. The van der Waals surface area contributed by atoms with Crippen molar-refractivity contribution in [2.24, 2.45) is 13.0 Å². The number of nitrogens with zero attached hydrogens (tertiary/aromatic N) is 6. The number of likely N-dealkylation sites (N-methyl/N-ethyl adjacent to an activating group) is 1. The van der Waals surface area contributed by atoms with Gasteiger partial charge in [-0.25, -0.2) is 4.98 Å². The van der Waals surface area contributed by atoms with Gasteiger partial charge in [-0.2, -0.15) is 14.8 Å². The highest BCUT2D eigenvalue weighted by Gasteiger charge is 2.21. The molecule has 2 aromatic carbocycles. The molecule has 0 radical (unpaired) electrons. The van der Waals surface area contributed by atoms with E-state index < -0.39 is 11.4 Å². The van der Waals surface area contributed by atoms with Crippen LogP contribution >= 0.6 is 11.6 Å². The predicted molar refractivity (Wildman–Crippen MR) is 160 cm³/mol. The van der Waals surface area contributed by atoms with Crippen molar-refractivity contribution in [1.29, 1.82) is 0 Å². The molecule has 1 N–H and O–H groups in total. The molecule has 1 atom stereocenters. The van der Waals surface area contributed by atoms with Crippen molar-refractivity contribution in [1.82, 2.24) is 24.6 Å². The SMILES string of the molecule is CC(C)Cc1ccccc1-c1cc(Oc2cccc(N3CCN(C)CC3)c2Cl)nc(N[S+]([O-])c2cnn(C)c2)n1. The van der Waals surface area contributed by atoms with Crippen molar-refractivity contribution in [2.75, 3.05) is 42.8 Å². The third kappa shape index (κ3) is 6.69. The summed E-state index contributed by atoms with van der Waals surface area (Å²) in [5.74, 6) is 1.44. The van der Waals surface area contributed by atoms with E-state index in [1.807, 2.05) is 36.4 Å². The van der Waals surface area contributed by atoms with Crippen molar-refractivity contribution in [3.8, 4) is 22.9 Å². The number of nitrogens with one attached hydrogen (secondary N) is 1. The highest BCUT2D eigenvalue weighted by atomic mass is 35.5. The van der Waals surface area contributed by atoms with Crippen molar-refractivity contribution in [3.63, 3.8) is 0 Å². The second-order valence-corrected chi connectivity index (χ2v) is 12.0. The zero-order valence-corrected chi connectivity index (χ0v) is 24.7. The fourth-order valence-electron chi connectivity index (χ4n) is 4.67. The zero-order valence-electron chi connectivity index (χ0n) is 23.2. The van der Waals surface area contributed by atoms with E-state index in [1.54, 1.807) is 30.2 Å². The lowest BCUT2D eigenvalue weighted by molar-refractivity contribution is 0.313. The molecule has 0 bridgehead atoms. The summed E-state index contributed by atoms with van der Waals surface area (Å²) >= 11 is 5.26. The number of aryl methyl sites for hydroxylation is 1. The Hall–Kier alpha value is -3.31. The van der Waals surface area contributed by atoms with Gasteiger partial charge in [-0.1, -0.05) is 55.8 Å². The van der Waals surface area contributed by atoms with Crippen molar-refractivity contribution >= 4 is 34.6 Å². The largest absolute Gasteiger partial charge is 0.588 e. The quantitative estimate of drug-likeness (QED) is 0.263. The van der Waals surface area contributed by atoms with Gasteiger partial charge in [0.05, 0.1) is 17.6 Å². The first-order chi connectivity index (χ1) is 19.3. The maximum absolute atomic E-state index is 13.0. The molecule has 1 unspecified atom stereocenters. The first kappa shape index (κ1) is 28.2. The Kier molecular flexibility index (Phi) is 8.80. The zero-order chi connectivity index (χ0) is 28.2. The molecule has 3 heterocycles. The Balaban J connectivity index is 1.50. The lowest BCUT2D eigenvalue weighted by Gasteiger charge is -2.34. The number of halogens is 1. The number of anilines is 2. The van der Waals surface area contributed by atoms with E-state index in [-0.39, 0.29) is 5.95 Å². The molecule has 1 fully saturated rings. The molecule has 40 heavy (non-hydrogen) atoms. The minimum atomic E-state index is -1.61. The standard InChI is InChI=1S/C29H34ClN7O2S/c1-20(2)16-21-8-5-6-9-23(21)24-17-27(33-29(32-24)34-40(38)22-18-31-36(4)19-22)39-26-11-7-10-25(28(26)30)37-14-12-35(3)13-15-37/h5-11,17-20H,12-16H2,1-4H3,(H,32,33,34). The fourth-order valence-corrected chi connectivity index (χ4v) is 5.72. The van der Waals surface area contributed by atoms with Gasteiger partial charge < -0.3 is 19.1 Å². The van der Waals surface area contributed by atoms with Gasteiger partial charge in [0.2, 0.25) is 10.8 Å². The summed E-state index contributed by atoms with van der Waals surface area (Å²) in [4.78, 5) is 14.4. The molecule has 210 valence electrons. The van der Waals surface area contributed by atoms with Crippen molar-refractivity contribution in [3.05, 3.63) is 71.5 Å². The van der Waals surface area contributed by atoms with Gasteiger partial charge in [0, 0.05) is 44.9 Å². The first-order valence-electron chi connectivity index (χ1n) is 13.3. The van der Waals surface area contributed by atoms with Gasteiger partial charge in [-0.15, -0.1) is 0 Å². The fraction of sp³-hybridized carbons (Fsp3) is 0.345. The second kappa shape index (κ2) is 12.5. The van der Waals surface area contributed by atoms with Crippen molar-refractivity contribution in [2.45, 2.75) is 25.2 Å². The number of piperazine rings is 1. The van der Waals surface area contributed by atoms with Crippen LogP contribution in [0.15, 0.2) is 65.8 Å². The van der Waals surface area contributed by atoms with Gasteiger partial charge >= 0.3 is 0 Å². The van der Waals surface area contributed by atoms with Crippen LogP contribution in [0.2, 0.25) is 5.02 Å². The smallest absolute Gasteiger partial charge is 0.269 e. The van der Waals surface area contributed by atoms with E-state index in [1.165, 1.54) is 0 Å². The normalized spacial score (nSPS) is 14.9. The van der Waals surface area contributed by atoms with Gasteiger partial charge in [0.1, 0.15) is 28.3 Å². The number of aromatic nitrogens is 4. The maximum atomic E-state index is 13.0. The summed E-state index contributed by atoms with van der Waals surface area (Å²) in [5, 5.41) is 4.64. The average Bonchev–Trinajstić information content (AvgIpc) is 3.37. The minimum Gasteiger partial charge on any atom is -0.588 e. The lowest BCUT2D eigenvalue weighted by atomic mass is 9.96. The van der Waals surface area contributed by atoms with Crippen LogP contribution in [-0.4, -0.2) is 62.4 Å². The molecule has 9 nitrogen and oxygen atoms in total. The van der Waals surface area contributed by atoms with E-state index in [0.717, 1.165) is 49.4 Å². The Morgan fingerprint density at radius 1 is 1.05 bits per heavy atom. The Bertz CT molecular complexity index is 1460. The minimum absolute atomic E-state index is 0.181. The second-order valence-electron chi connectivity index (χ2n) is 10.4. The summed E-state index contributed by atoms with van der Waals surface area (Å²) in [5.41, 5.74) is 3.73. The maximum Gasteiger partial charge on any atom is 0.269 e. The summed E-state index contributed by atoms with van der Waals surface area (Å²) in [7, 11) is 3.90. The van der Waals surface area contributed by atoms with Gasteiger partial charge in [0.15, 0.2) is 0 Å². The van der Waals surface area contributed by atoms with Crippen LogP contribution in [0.4, 0.5) is 11.6 Å². The number of hydrogen-bond acceptors (Lipinski definition) is 8. The molecular formula is C29H34ClN7O2S. The number of ether oxygens (including phenoxy) is 1. The first-order valence-corrected chi connectivity index (χ1v) is 14.8. The van der Waals surface area contributed by atoms with Crippen LogP contribution in [0.3, 0.4) is 0 Å². The third-order valence-electron chi connectivity index (χ3n) is 6.70. The Labute approximate surface area is 243 Å². The number of benzene rings is 2. The summed E-state index contributed by atoms with van der Waals surface area (Å²) in [6.45, 7) is 8.08. The molecule has 0 amide bonds. The van der Waals surface area contributed by atoms with Crippen LogP contribution in [0.1, 0.15) is 19.4 Å². The van der Waals surface area contributed by atoms with Gasteiger partial charge in [0.25, 0.3) is 5.95 Å². The van der Waals surface area contributed by atoms with E-state index in [2.05, 4.69) is 51.6 Å². The molecule has 0 spiro atoms. The van der Waals surface area contributed by atoms with Crippen LogP contribution in [-0.2, 0) is 24.8 Å². The number of rotatable bonds is 9. The van der Waals surface area contributed by atoms with E-state index in [9.17, 15) is 4.55 Å². The predicted octanol–water partition coefficient (Wildman–Crippen LogP) is 5.41. The van der Waals surface area contributed by atoms with Gasteiger partial charge in [-0.05, 0) is 37.1 Å². The molecule has 2 aromatic heterocycles. The van der Waals surface area contributed by atoms with Crippen LogP contribution in [0.5, 0.6) is 11.6 Å². The third-order valence-corrected chi connectivity index (χ3v) is 8.09. The van der Waals surface area contributed by atoms with E-state index >= 15 is 0 Å². The molecule has 5 rings (SSSR count). The molecule has 1 aliphatic rings. The summed E-state index contributed by atoms with van der Waals surface area (Å²) < 4.78 is 23.9. The average molecular weight is 580 g/mol. The summed E-state index contributed by atoms with van der Waals surface area (Å²) in [6, 6.07) is 15.7.